The number of benzene rings is 1. The SMILES string of the molecule is COc1ccccc1C1CCC(C)CN1CCCCC(=O)O. The summed E-state index contributed by atoms with van der Waals surface area (Å²) in [5, 5.41) is 8.76. The number of piperidine rings is 1. The second kappa shape index (κ2) is 8.18. The average Bonchev–Trinajstić information content (AvgIpc) is 2.51. The van der Waals surface area contributed by atoms with Crippen molar-refractivity contribution in [1.82, 2.24) is 4.90 Å². The largest absolute Gasteiger partial charge is 0.496 e. The number of hydrogen-bond donors (Lipinski definition) is 1. The third-order valence-electron chi connectivity index (χ3n) is 4.50. The summed E-state index contributed by atoms with van der Waals surface area (Å²) in [6.07, 6.45) is 4.32. The molecule has 0 aliphatic carbocycles. The molecule has 0 spiro atoms. The quantitative estimate of drug-likeness (QED) is 0.780. The summed E-state index contributed by atoms with van der Waals surface area (Å²) in [6, 6.07) is 8.64. The first-order chi connectivity index (χ1) is 10.6. The van der Waals surface area contributed by atoms with Gasteiger partial charge in [-0.2, -0.15) is 0 Å². The Labute approximate surface area is 133 Å². The molecule has 1 fully saturated rings. The monoisotopic (exact) mass is 305 g/mol. The van der Waals surface area contributed by atoms with Crippen LogP contribution in [0.15, 0.2) is 24.3 Å². The Kier molecular flexibility index (Phi) is 6.25. The highest BCUT2D eigenvalue weighted by atomic mass is 16.5. The van der Waals surface area contributed by atoms with E-state index in [1.807, 2.05) is 12.1 Å². The van der Waals surface area contributed by atoms with Gasteiger partial charge in [-0.1, -0.05) is 25.1 Å². The number of likely N-dealkylation sites (tertiary alicyclic amines) is 1. The zero-order valence-corrected chi connectivity index (χ0v) is 13.6. The van der Waals surface area contributed by atoms with E-state index in [9.17, 15) is 4.79 Å². The molecule has 122 valence electrons. The number of ether oxygens (including phenoxy) is 1. The van der Waals surface area contributed by atoms with Gasteiger partial charge in [0.15, 0.2) is 0 Å². The summed E-state index contributed by atoms with van der Waals surface area (Å²) in [4.78, 5) is 13.1. The smallest absolute Gasteiger partial charge is 0.303 e. The fourth-order valence-corrected chi connectivity index (χ4v) is 3.38. The van der Waals surface area contributed by atoms with Gasteiger partial charge in [-0.3, -0.25) is 9.69 Å². The first-order valence-corrected chi connectivity index (χ1v) is 8.20. The third-order valence-corrected chi connectivity index (χ3v) is 4.50. The second-order valence-electron chi connectivity index (χ2n) is 6.29. The highest BCUT2D eigenvalue weighted by Gasteiger charge is 2.28. The summed E-state index contributed by atoms with van der Waals surface area (Å²) >= 11 is 0. The van der Waals surface area contributed by atoms with Crippen LogP contribution in [0.4, 0.5) is 0 Å². The van der Waals surface area contributed by atoms with Crippen LogP contribution < -0.4 is 4.74 Å². The van der Waals surface area contributed by atoms with Crippen LogP contribution >= 0.6 is 0 Å². The van der Waals surface area contributed by atoms with Crippen molar-refractivity contribution >= 4 is 5.97 Å². The Hall–Kier alpha value is -1.55. The number of carboxylic acid groups (broad SMARTS) is 1. The van der Waals surface area contributed by atoms with Crippen LogP contribution in [0.2, 0.25) is 0 Å². The number of carboxylic acids is 1. The molecule has 1 aliphatic rings. The summed E-state index contributed by atoms with van der Waals surface area (Å²) in [5.74, 6) is 0.955. The molecule has 0 aromatic heterocycles. The van der Waals surface area contributed by atoms with Gasteiger partial charge < -0.3 is 9.84 Å². The van der Waals surface area contributed by atoms with Crippen molar-refractivity contribution in [2.45, 2.75) is 45.1 Å². The van der Waals surface area contributed by atoms with Gasteiger partial charge in [-0.25, -0.2) is 0 Å². The average molecular weight is 305 g/mol. The molecule has 1 N–H and O–H groups in total. The van der Waals surface area contributed by atoms with E-state index in [0.29, 0.717) is 12.0 Å². The van der Waals surface area contributed by atoms with E-state index in [2.05, 4.69) is 24.0 Å². The molecule has 0 bridgehead atoms. The zero-order chi connectivity index (χ0) is 15.9. The molecule has 1 aromatic carbocycles. The predicted octanol–water partition coefficient (Wildman–Crippen LogP) is 3.72. The Balaban J connectivity index is 2.04. The van der Waals surface area contributed by atoms with Crippen molar-refractivity contribution in [3.8, 4) is 5.75 Å². The van der Waals surface area contributed by atoms with E-state index in [0.717, 1.165) is 38.1 Å². The maximum absolute atomic E-state index is 10.6. The van der Waals surface area contributed by atoms with Gasteiger partial charge in [0.05, 0.1) is 7.11 Å². The molecule has 1 aromatic rings. The number of nitrogens with zero attached hydrogens (tertiary/aromatic N) is 1. The van der Waals surface area contributed by atoms with E-state index < -0.39 is 5.97 Å². The highest BCUT2D eigenvalue weighted by Crippen LogP contribution is 2.37. The zero-order valence-electron chi connectivity index (χ0n) is 13.6. The van der Waals surface area contributed by atoms with Crippen LogP contribution in [0, 0.1) is 5.92 Å². The van der Waals surface area contributed by atoms with E-state index in [1.54, 1.807) is 7.11 Å². The molecular formula is C18H27NO3. The van der Waals surface area contributed by atoms with Crippen molar-refractivity contribution in [2.75, 3.05) is 20.2 Å². The van der Waals surface area contributed by atoms with Crippen molar-refractivity contribution in [3.63, 3.8) is 0 Å². The lowest BCUT2D eigenvalue weighted by Gasteiger charge is -2.39. The van der Waals surface area contributed by atoms with Crippen molar-refractivity contribution in [2.24, 2.45) is 5.92 Å². The van der Waals surface area contributed by atoms with Crippen LogP contribution in [0.1, 0.15) is 50.6 Å². The van der Waals surface area contributed by atoms with Crippen molar-refractivity contribution < 1.29 is 14.6 Å². The lowest BCUT2D eigenvalue weighted by atomic mass is 9.89. The Morgan fingerprint density at radius 2 is 2.09 bits per heavy atom. The molecule has 1 aliphatic heterocycles. The number of aliphatic carboxylic acids is 1. The number of rotatable bonds is 7. The fraction of sp³-hybridized carbons (Fsp3) is 0.611. The third kappa shape index (κ3) is 4.47. The van der Waals surface area contributed by atoms with Crippen LogP contribution in [0.3, 0.4) is 0 Å². The summed E-state index contributed by atoms with van der Waals surface area (Å²) in [5.41, 5.74) is 1.26. The Bertz CT molecular complexity index is 489. The van der Waals surface area contributed by atoms with Gasteiger partial charge in [-0.15, -0.1) is 0 Å². The molecule has 0 amide bonds. The van der Waals surface area contributed by atoms with E-state index in [-0.39, 0.29) is 6.42 Å². The van der Waals surface area contributed by atoms with Crippen LogP contribution in [-0.4, -0.2) is 36.2 Å². The lowest BCUT2D eigenvalue weighted by molar-refractivity contribution is -0.137. The van der Waals surface area contributed by atoms with Crippen molar-refractivity contribution in [3.05, 3.63) is 29.8 Å². The number of unbranched alkanes of at least 4 members (excludes halogenated alkanes) is 1. The van der Waals surface area contributed by atoms with Gasteiger partial charge in [0.1, 0.15) is 5.75 Å². The van der Waals surface area contributed by atoms with Gasteiger partial charge in [0.25, 0.3) is 0 Å². The van der Waals surface area contributed by atoms with E-state index >= 15 is 0 Å². The standard InChI is InChI=1S/C18H27NO3/c1-14-10-11-16(15-7-3-4-8-17(15)22-2)19(13-14)12-6-5-9-18(20)21/h3-4,7-8,14,16H,5-6,9-13H2,1-2H3,(H,20,21). The van der Waals surface area contributed by atoms with Crippen LogP contribution in [0.5, 0.6) is 5.75 Å². The van der Waals surface area contributed by atoms with Gasteiger partial charge in [0, 0.05) is 24.6 Å². The van der Waals surface area contributed by atoms with Gasteiger partial charge in [-0.05, 0) is 44.2 Å². The summed E-state index contributed by atoms with van der Waals surface area (Å²) in [7, 11) is 1.72. The molecule has 22 heavy (non-hydrogen) atoms. The number of methoxy groups -OCH3 is 1. The highest BCUT2D eigenvalue weighted by molar-refractivity contribution is 5.66. The molecule has 4 heteroatoms. The normalized spacial score (nSPS) is 22.5. The summed E-state index contributed by atoms with van der Waals surface area (Å²) in [6.45, 7) is 4.33. The fourth-order valence-electron chi connectivity index (χ4n) is 3.38. The number of carbonyl (C=O) groups is 1. The summed E-state index contributed by atoms with van der Waals surface area (Å²) < 4.78 is 5.53. The molecule has 1 saturated heterocycles. The Morgan fingerprint density at radius 1 is 1.32 bits per heavy atom. The minimum Gasteiger partial charge on any atom is -0.496 e. The molecule has 2 rings (SSSR count). The minimum absolute atomic E-state index is 0.267. The molecule has 1 heterocycles. The number of hydrogen-bond acceptors (Lipinski definition) is 3. The van der Waals surface area contributed by atoms with Crippen LogP contribution in [-0.2, 0) is 4.79 Å². The molecule has 2 unspecified atom stereocenters. The predicted molar refractivity (Wildman–Crippen MR) is 87.2 cm³/mol. The van der Waals surface area contributed by atoms with Crippen LogP contribution in [0.25, 0.3) is 0 Å². The van der Waals surface area contributed by atoms with E-state index in [4.69, 9.17) is 9.84 Å². The first-order valence-electron chi connectivity index (χ1n) is 8.20. The number of para-hydroxylation sites is 1. The van der Waals surface area contributed by atoms with Crippen molar-refractivity contribution in [1.29, 1.82) is 0 Å². The molecular weight excluding hydrogens is 278 g/mol. The molecule has 2 atom stereocenters. The molecule has 0 saturated carbocycles. The first kappa shape index (κ1) is 16.8. The molecule has 4 nitrogen and oxygen atoms in total. The topological polar surface area (TPSA) is 49.8 Å². The maximum atomic E-state index is 10.6. The molecule has 0 radical (unpaired) electrons. The second-order valence-corrected chi connectivity index (χ2v) is 6.29. The maximum Gasteiger partial charge on any atom is 0.303 e. The lowest BCUT2D eigenvalue weighted by Crippen LogP contribution is -2.38. The minimum atomic E-state index is -0.701. The van der Waals surface area contributed by atoms with Gasteiger partial charge in [0.2, 0.25) is 0 Å². The Morgan fingerprint density at radius 3 is 2.82 bits per heavy atom. The van der Waals surface area contributed by atoms with Gasteiger partial charge >= 0.3 is 5.97 Å². The van der Waals surface area contributed by atoms with E-state index in [1.165, 1.54) is 12.0 Å².